The van der Waals surface area contributed by atoms with Gasteiger partial charge in [-0.2, -0.15) is 5.10 Å². The summed E-state index contributed by atoms with van der Waals surface area (Å²) in [5.74, 6) is 0.658. The van der Waals surface area contributed by atoms with Gasteiger partial charge in [-0.1, -0.05) is 28.1 Å². The van der Waals surface area contributed by atoms with Crippen molar-refractivity contribution in [1.82, 2.24) is 19.7 Å². The number of nitrogens with one attached hydrogen (secondary N) is 1. The maximum Gasteiger partial charge on any atom is 0.163 e. The van der Waals surface area contributed by atoms with Gasteiger partial charge in [0.05, 0.1) is 24.0 Å². The van der Waals surface area contributed by atoms with E-state index in [0.29, 0.717) is 17.9 Å². The van der Waals surface area contributed by atoms with Gasteiger partial charge in [0.1, 0.15) is 17.5 Å². The molecule has 0 bridgehead atoms. The van der Waals surface area contributed by atoms with Crippen molar-refractivity contribution in [2.24, 2.45) is 4.99 Å². The average Bonchev–Trinajstić information content (AvgIpc) is 3.30. The van der Waals surface area contributed by atoms with Gasteiger partial charge in [0.2, 0.25) is 0 Å². The molecule has 0 spiro atoms. The van der Waals surface area contributed by atoms with E-state index in [-0.39, 0.29) is 6.17 Å². The molecule has 156 valence electrons. The van der Waals surface area contributed by atoms with E-state index >= 15 is 0 Å². The maximum absolute atomic E-state index is 11.5. The molecular weight excluding hydrogens is 446 g/mol. The highest BCUT2D eigenvalue weighted by Crippen LogP contribution is 2.26. The Balaban J connectivity index is 2.00. The molecule has 30 heavy (non-hydrogen) atoms. The number of benzene rings is 1. The van der Waals surface area contributed by atoms with Gasteiger partial charge in [-0.15, -0.1) is 0 Å². The second-order valence-electron chi connectivity index (χ2n) is 7.08. The zero-order chi connectivity index (χ0) is 21.3. The van der Waals surface area contributed by atoms with Gasteiger partial charge in [-0.3, -0.25) is 9.48 Å². The number of hydrogen-bond donors (Lipinski definition) is 1. The molecule has 1 aromatic carbocycles. The number of aldehydes is 1. The fraction of sp³-hybridized carbons (Fsp3) is 0.318. The van der Waals surface area contributed by atoms with E-state index in [1.54, 1.807) is 13.2 Å². The first-order chi connectivity index (χ1) is 14.6. The largest absolute Gasteiger partial charge is 0.495 e. The number of carbonyl (C=O) groups is 1. The minimum Gasteiger partial charge on any atom is -0.495 e. The monoisotopic (exact) mass is 469 g/mol. The van der Waals surface area contributed by atoms with E-state index in [2.05, 4.69) is 56.1 Å². The van der Waals surface area contributed by atoms with Crippen molar-refractivity contribution in [2.45, 2.75) is 33.1 Å². The highest BCUT2D eigenvalue weighted by molar-refractivity contribution is 9.09. The van der Waals surface area contributed by atoms with Crippen molar-refractivity contribution in [3.8, 4) is 5.75 Å². The molecule has 1 aliphatic heterocycles. The summed E-state index contributed by atoms with van der Waals surface area (Å²) in [5.41, 5.74) is 4.34. The van der Waals surface area contributed by atoms with Crippen LogP contribution in [0, 0.1) is 6.92 Å². The van der Waals surface area contributed by atoms with E-state index in [9.17, 15) is 4.79 Å². The van der Waals surface area contributed by atoms with Crippen LogP contribution in [0.25, 0.3) is 17.1 Å². The van der Waals surface area contributed by atoms with Crippen LogP contribution >= 0.6 is 15.9 Å². The summed E-state index contributed by atoms with van der Waals surface area (Å²) < 4.78 is 9.75. The van der Waals surface area contributed by atoms with E-state index in [1.807, 2.05) is 23.9 Å². The van der Waals surface area contributed by atoms with Crippen molar-refractivity contribution in [2.75, 3.05) is 12.4 Å². The molecule has 7 nitrogen and oxygen atoms in total. The quantitative estimate of drug-likeness (QED) is 0.327. The number of allylic oxidation sites excluding steroid dienone is 2. The van der Waals surface area contributed by atoms with Gasteiger partial charge < -0.3 is 14.6 Å². The minimum absolute atomic E-state index is 0.238. The lowest BCUT2D eigenvalue weighted by molar-refractivity contribution is 0.112. The van der Waals surface area contributed by atoms with Gasteiger partial charge in [0.25, 0.3) is 0 Å². The Morgan fingerprint density at radius 2 is 2.13 bits per heavy atom. The zero-order valence-electron chi connectivity index (χ0n) is 17.2. The summed E-state index contributed by atoms with van der Waals surface area (Å²) in [6.07, 6.45) is 6.74. The van der Waals surface area contributed by atoms with Crippen LogP contribution in [0.5, 0.6) is 5.75 Å². The topological polar surface area (TPSA) is 73.4 Å². The van der Waals surface area contributed by atoms with Crippen LogP contribution in [0.2, 0.25) is 0 Å². The number of alkyl halides is 1. The molecule has 0 saturated carbocycles. The molecule has 3 heterocycles. The molecule has 0 amide bonds. The third kappa shape index (κ3) is 3.45. The summed E-state index contributed by atoms with van der Waals surface area (Å²) in [5, 5.41) is 10.6. The fourth-order valence-corrected chi connectivity index (χ4v) is 4.19. The number of rotatable bonds is 7. The molecule has 8 heteroatoms. The van der Waals surface area contributed by atoms with E-state index < -0.39 is 0 Å². The molecule has 1 aliphatic rings. The van der Waals surface area contributed by atoms with Crippen LogP contribution in [0.1, 0.15) is 34.8 Å². The number of hydrogen-bond acceptors (Lipinski definition) is 5. The summed E-state index contributed by atoms with van der Waals surface area (Å²) in [6, 6.07) is 5.72. The molecule has 2 aromatic heterocycles. The van der Waals surface area contributed by atoms with E-state index in [4.69, 9.17) is 9.73 Å². The average molecular weight is 470 g/mol. The number of ether oxygens (including phenoxy) is 1. The van der Waals surface area contributed by atoms with Gasteiger partial charge in [0.15, 0.2) is 6.17 Å². The van der Waals surface area contributed by atoms with Crippen LogP contribution in [0.4, 0.5) is 0 Å². The Morgan fingerprint density at radius 1 is 1.30 bits per heavy atom. The Labute approximate surface area is 182 Å². The van der Waals surface area contributed by atoms with Crippen LogP contribution in [-0.4, -0.2) is 33.1 Å². The summed E-state index contributed by atoms with van der Waals surface area (Å²) in [6.45, 7) is 5.48. The highest BCUT2D eigenvalue weighted by atomic mass is 79.9. The molecule has 0 fully saturated rings. The first kappa shape index (κ1) is 20.4. The molecule has 0 aliphatic carbocycles. The third-order valence-electron chi connectivity index (χ3n) is 5.20. The standard InChI is InChI=1S/C22H24BrN5O2/c1-4-28-18(9-14(2)26-28)21-24-12-17-16-10-15(13-29)11-19(30-3)20(16)27(22(17)25-21)8-6-5-7-23/h5-6,9-13,21,24H,4,7-8H2,1-3H3/b6-5+. The summed E-state index contributed by atoms with van der Waals surface area (Å²) >= 11 is 3.43. The van der Waals surface area contributed by atoms with Crippen LogP contribution < -0.4 is 20.8 Å². The third-order valence-corrected chi connectivity index (χ3v) is 5.58. The van der Waals surface area contributed by atoms with E-state index in [0.717, 1.165) is 51.2 Å². The lowest BCUT2D eigenvalue weighted by atomic mass is 10.1. The number of halogens is 1. The van der Waals surface area contributed by atoms with Crippen LogP contribution in [0.3, 0.4) is 0 Å². The van der Waals surface area contributed by atoms with Crippen molar-refractivity contribution in [1.29, 1.82) is 0 Å². The number of fused-ring (bicyclic) bond motifs is 3. The normalized spacial score (nSPS) is 15.5. The van der Waals surface area contributed by atoms with Gasteiger partial charge in [0, 0.05) is 40.8 Å². The smallest absolute Gasteiger partial charge is 0.163 e. The van der Waals surface area contributed by atoms with Crippen LogP contribution in [0.15, 0.2) is 35.3 Å². The predicted molar refractivity (Wildman–Crippen MR) is 121 cm³/mol. The Hall–Kier alpha value is -2.87. The highest BCUT2D eigenvalue weighted by Gasteiger charge is 2.21. The number of aromatic nitrogens is 3. The summed E-state index contributed by atoms with van der Waals surface area (Å²) in [4.78, 5) is 16.5. The number of carbonyl (C=O) groups excluding carboxylic acids is 1. The first-order valence-electron chi connectivity index (χ1n) is 9.86. The lowest BCUT2D eigenvalue weighted by Crippen LogP contribution is -2.38. The zero-order valence-corrected chi connectivity index (χ0v) is 18.8. The van der Waals surface area contributed by atoms with Crippen molar-refractivity contribution in [3.63, 3.8) is 0 Å². The Morgan fingerprint density at radius 3 is 2.83 bits per heavy atom. The molecule has 0 radical (unpaired) electrons. The van der Waals surface area contributed by atoms with E-state index in [1.165, 1.54) is 0 Å². The fourth-order valence-electron chi connectivity index (χ4n) is 3.92. The number of aryl methyl sites for hydroxylation is 2. The van der Waals surface area contributed by atoms with Crippen LogP contribution in [-0.2, 0) is 13.1 Å². The molecule has 1 atom stereocenters. The molecule has 4 rings (SSSR count). The lowest BCUT2D eigenvalue weighted by Gasteiger charge is -2.17. The maximum atomic E-state index is 11.5. The Bertz CT molecular complexity index is 1260. The predicted octanol–water partition coefficient (Wildman–Crippen LogP) is 2.60. The summed E-state index contributed by atoms with van der Waals surface area (Å²) in [7, 11) is 1.62. The second kappa shape index (κ2) is 8.47. The molecule has 1 unspecified atom stereocenters. The first-order valence-corrected chi connectivity index (χ1v) is 11.0. The minimum atomic E-state index is -0.238. The van der Waals surface area contributed by atoms with Gasteiger partial charge in [-0.05, 0) is 32.0 Å². The molecule has 1 N–H and O–H groups in total. The molecular formula is C22H24BrN5O2. The molecule has 3 aromatic rings. The van der Waals surface area contributed by atoms with Crippen molar-refractivity contribution < 1.29 is 9.53 Å². The second-order valence-corrected chi connectivity index (χ2v) is 7.73. The number of nitrogens with zero attached hydrogens (tertiary/aromatic N) is 4. The Kier molecular flexibility index (Phi) is 5.76. The van der Waals surface area contributed by atoms with Crippen molar-refractivity contribution in [3.05, 3.63) is 58.0 Å². The molecule has 0 saturated heterocycles. The SMILES string of the molecule is CCn1nc(C)cc1C1N=c2c(c3cc(C=O)cc(OC)c3n2C/C=C/CBr)=CN1. The van der Waals surface area contributed by atoms with Crippen molar-refractivity contribution >= 4 is 39.3 Å². The van der Waals surface area contributed by atoms with Gasteiger partial charge >= 0.3 is 0 Å². The van der Waals surface area contributed by atoms with Gasteiger partial charge in [-0.25, -0.2) is 4.99 Å². The number of methoxy groups -OCH3 is 1.